The van der Waals surface area contributed by atoms with Crippen LogP contribution in [-0.2, 0) is 4.74 Å². The van der Waals surface area contributed by atoms with Crippen LogP contribution in [0.2, 0.25) is 0 Å². The maximum Gasteiger partial charge on any atom is 0.410 e. The molecule has 4 heterocycles. The number of carbonyl (C=O) groups is 2. The highest BCUT2D eigenvalue weighted by Gasteiger charge is 2.37. The lowest BCUT2D eigenvalue weighted by Crippen LogP contribution is -2.50. The second-order valence-electron chi connectivity index (χ2n) is 13.6. The summed E-state index contributed by atoms with van der Waals surface area (Å²) < 4.78 is 13.7. The number of nitrogens with zero attached hydrogens (tertiary/aromatic N) is 4. The lowest BCUT2D eigenvalue weighted by Gasteiger charge is -2.43. The molecule has 9 heteroatoms. The molecule has 2 saturated heterocycles. The minimum Gasteiger partial charge on any atom is -0.457 e. The van der Waals surface area contributed by atoms with Crippen LogP contribution in [0, 0.1) is 5.92 Å². The molecule has 6 rings (SSSR count). The minimum absolute atomic E-state index is 0.108. The van der Waals surface area contributed by atoms with Crippen LogP contribution >= 0.6 is 0 Å². The monoisotopic (exact) mass is 613 g/mol. The number of ether oxygens (including phenoxy) is 2. The first-order chi connectivity index (χ1) is 21.7. The van der Waals surface area contributed by atoms with Gasteiger partial charge in [-0.15, -0.1) is 0 Å². The van der Waals surface area contributed by atoms with Gasteiger partial charge in [-0.1, -0.05) is 25.1 Å². The highest BCUT2D eigenvalue weighted by atomic mass is 16.6. The SMILES string of the molecule is CCC(=O)c1c(-c2ccc(Oc3ccccc3)cc2)nn2c1NCC[C@H]2C1CCN(C2CCN(C(=O)OC(C)(C)C)CC2)CC1. The molecule has 0 unspecified atom stereocenters. The highest BCUT2D eigenvalue weighted by molar-refractivity contribution is 6.06. The van der Waals surface area contributed by atoms with Gasteiger partial charge in [0.1, 0.15) is 28.6 Å². The summed E-state index contributed by atoms with van der Waals surface area (Å²) in [6.07, 6.45) is 5.41. The number of anilines is 1. The number of carbonyl (C=O) groups excluding carboxylic acids is 2. The van der Waals surface area contributed by atoms with E-state index in [0.29, 0.717) is 23.9 Å². The molecular formula is C36H47N5O4. The van der Waals surface area contributed by atoms with Crippen molar-refractivity contribution >= 4 is 17.7 Å². The van der Waals surface area contributed by atoms with E-state index in [1.54, 1.807) is 0 Å². The summed E-state index contributed by atoms with van der Waals surface area (Å²) in [6.45, 7) is 12.1. The quantitative estimate of drug-likeness (QED) is 0.278. The van der Waals surface area contributed by atoms with Crippen molar-refractivity contribution in [2.45, 2.75) is 83.9 Å². The molecule has 1 atom stereocenters. The molecule has 2 fully saturated rings. The molecule has 1 aromatic heterocycles. The predicted molar refractivity (Wildman–Crippen MR) is 176 cm³/mol. The number of Topliss-reactive ketones (excluding diaryl/α,β-unsaturated/α-hetero) is 1. The number of fused-ring (bicyclic) bond motifs is 1. The van der Waals surface area contributed by atoms with Gasteiger partial charge in [0.2, 0.25) is 0 Å². The summed E-state index contributed by atoms with van der Waals surface area (Å²) in [6, 6.07) is 18.4. The normalized spacial score (nSPS) is 19.9. The zero-order valence-electron chi connectivity index (χ0n) is 27.1. The van der Waals surface area contributed by atoms with Gasteiger partial charge in [-0.25, -0.2) is 9.48 Å². The van der Waals surface area contributed by atoms with Crippen LogP contribution in [0.5, 0.6) is 11.5 Å². The van der Waals surface area contributed by atoms with Crippen molar-refractivity contribution in [1.82, 2.24) is 19.6 Å². The lowest BCUT2D eigenvalue weighted by molar-refractivity contribution is 0.0106. The molecule has 0 bridgehead atoms. The molecule has 1 N–H and O–H groups in total. The topological polar surface area (TPSA) is 88.9 Å². The minimum atomic E-state index is -0.466. The molecule has 240 valence electrons. The van der Waals surface area contributed by atoms with Gasteiger partial charge in [-0.05, 0) is 108 Å². The van der Waals surface area contributed by atoms with Crippen molar-refractivity contribution in [2.75, 3.05) is 38.0 Å². The number of ketones is 1. The number of benzene rings is 2. The first kappa shape index (κ1) is 31.1. The Balaban J connectivity index is 1.13. The standard InChI is InChI=1S/C36H47N5O4/c1-5-31(42)32-33(26-11-13-29(14-12-26)44-28-9-7-6-8-10-28)38-41-30(15-20-37-34(32)41)25-16-21-39(22-17-25)27-18-23-40(24-19-27)35(43)45-36(2,3)4/h6-14,25,27,30,37H,5,15-24H2,1-4H3/t30-/m0/s1. The Labute approximate surface area is 266 Å². The molecule has 1 amide bonds. The Hall–Kier alpha value is -3.85. The van der Waals surface area contributed by atoms with E-state index < -0.39 is 5.60 Å². The van der Waals surface area contributed by atoms with Gasteiger partial charge in [0.25, 0.3) is 0 Å². The van der Waals surface area contributed by atoms with E-state index >= 15 is 0 Å². The Morgan fingerprint density at radius 3 is 2.20 bits per heavy atom. The van der Waals surface area contributed by atoms with Crippen LogP contribution in [-0.4, -0.2) is 75.8 Å². The van der Waals surface area contributed by atoms with E-state index in [0.717, 1.165) is 93.4 Å². The van der Waals surface area contributed by atoms with Crippen molar-refractivity contribution in [3.63, 3.8) is 0 Å². The van der Waals surface area contributed by atoms with Crippen molar-refractivity contribution in [3.05, 3.63) is 60.2 Å². The zero-order chi connectivity index (χ0) is 31.6. The maximum atomic E-state index is 13.3. The van der Waals surface area contributed by atoms with Crippen LogP contribution in [0.15, 0.2) is 54.6 Å². The number of para-hydroxylation sites is 1. The van der Waals surface area contributed by atoms with Gasteiger partial charge in [-0.2, -0.15) is 5.10 Å². The fourth-order valence-corrected chi connectivity index (χ4v) is 7.10. The van der Waals surface area contributed by atoms with Crippen molar-refractivity contribution in [1.29, 1.82) is 0 Å². The molecule has 0 radical (unpaired) electrons. The number of nitrogens with one attached hydrogen (secondary N) is 1. The molecule has 9 nitrogen and oxygen atoms in total. The number of piperidine rings is 2. The molecule has 3 aliphatic heterocycles. The first-order valence-corrected chi connectivity index (χ1v) is 16.6. The van der Waals surface area contributed by atoms with Gasteiger partial charge < -0.3 is 24.6 Å². The summed E-state index contributed by atoms with van der Waals surface area (Å²) in [5.41, 5.74) is 1.90. The van der Waals surface area contributed by atoms with E-state index in [-0.39, 0.29) is 17.9 Å². The van der Waals surface area contributed by atoms with Gasteiger partial charge in [0.15, 0.2) is 5.78 Å². The molecule has 0 spiro atoms. The first-order valence-electron chi connectivity index (χ1n) is 16.6. The Morgan fingerprint density at radius 1 is 0.889 bits per heavy atom. The van der Waals surface area contributed by atoms with Crippen LogP contribution in [0.1, 0.15) is 82.6 Å². The van der Waals surface area contributed by atoms with Crippen LogP contribution in [0.25, 0.3) is 11.3 Å². The third kappa shape index (κ3) is 7.03. The van der Waals surface area contributed by atoms with E-state index in [2.05, 4.69) is 14.9 Å². The van der Waals surface area contributed by atoms with Crippen LogP contribution < -0.4 is 10.1 Å². The Kier molecular flexibility index (Phi) is 9.17. The average molecular weight is 614 g/mol. The van der Waals surface area contributed by atoms with Crippen LogP contribution in [0.4, 0.5) is 10.6 Å². The fourth-order valence-electron chi connectivity index (χ4n) is 7.10. The summed E-state index contributed by atoms with van der Waals surface area (Å²) >= 11 is 0. The molecule has 0 saturated carbocycles. The zero-order valence-corrected chi connectivity index (χ0v) is 27.1. The van der Waals surface area contributed by atoms with E-state index in [1.807, 2.05) is 87.2 Å². The van der Waals surface area contributed by atoms with Crippen molar-refractivity contribution in [2.24, 2.45) is 5.92 Å². The number of likely N-dealkylation sites (tertiary alicyclic amines) is 2. The molecule has 2 aromatic carbocycles. The van der Waals surface area contributed by atoms with Gasteiger partial charge in [0.05, 0.1) is 11.6 Å². The molecular weight excluding hydrogens is 566 g/mol. The van der Waals surface area contributed by atoms with Crippen molar-refractivity contribution in [3.8, 4) is 22.8 Å². The molecule has 0 aliphatic carbocycles. The number of aromatic nitrogens is 2. The molecule has 45 heavy (non-hydrogen) atoms. The Morgan fingerprint density at radius 2 is 1.56 bits per heavy atom. The largest absolute Gasteiger partial charge is 0.457 e. The number of rotatable bonds is 7. The Bertz CT molecular complexity index is 1460. The summed E-state index contributed by atoms with van der Waals surface area (Å²) in [5, 5.41) is 8.69. The average Bonchev–Trinajstić information content (AvgIpc) is 3.44. The summed E-state index contributed by atoms with van der Waals surface area (Å²) in [4.78, 5) is 30.3. The number of hydrogen-bond donors (Lipinski definition) is 1. The van der Waals surface area contributed by atoms with Gasteiger partial charge in [0, 0.05) is 37.7 Å². The lowest BCUT2D eigenvalue weighted by atomic mass is 9.85. The number of hydrogen-bond acceptors (Lipinski definition) is 7. The summed E-state index contributed by atoms with van der Waals surface area (Å²) in [7, 11) is 0. The van der Waals surface area contributed by atoms with Crippen LogP contribution in [0.3, 0.4) is 0 Å². The smallest absolute Gasteiger partial charge is 0.410 e. The molecule has 3 aliphatic rings. The van der Waals surface area contributed by atoms with E-state index in [4.69, 9.17) is 14.6 Å². The third-order valence-corrected chi connectivity index (χ3v) is 9.41. The maximum absolute atomic E-state index is 13.3. The predicted octanol–water partition coefficient (Wildman–Crippen LogP) is 7.40. The fraction of sp³-hybridized carbons (Fsp3) is 0.528. The van der Waals surface area contributed by atoms with Gasteiger partial charge >= 0.3 is 6.09 Å². The summed E-state index contributed by atoms with van der Waals surface area (Å²) in [5.74, 6) is 3.01. The second kappa shape index (κ2) is 13.3. The highest BCUT2D eigenvalue weighted by Crippen LogP contribution is 2.41. The second-order valence-corrected chi connectivity index (χ2v) is 13.6. The van der Waals surface area contributed by atoms with Crippen molar-refractivity contribution < 1.29 is 19.1 Å². The van der Waals surface area contributed by atoms with Gasteiger partial charge in [-0.3, -0.25) is 4.79 Å². The van der Waals surface area contributed by atoms with E-state index in [9.17, 15) is 9.59 Å². The van der Waals surface area contributed by atoms with E-state index in [1.165, 1.54) is 0 Å². The third-order valence-electron chi connectivity index (χ3n) is 9.41. The molecule has 3 aromatic rings. The number of amides is 1.